The number of hydrogen-bond acceptors (Lipinski definition) is 3. The van der Waals surface area contributed by atoms with Crippen molar-refractivity contribution >= 4 is 16.0 Å². The summed E-state index contributed by atoms with van der Waals surface area (Å²) in [5, 5.41) is 8.61. The molecule has 0 aliphatic carbocycles. The van der Waals surface area contributed by atoms with E-state index in [1.807, 2.05) is 27.7 Å². The Morgan fingerprint density at radius 2 is 1.72 bits per heavy atom. The highest BCUT2D eigenvalue weighted by atomic mass is 32.2. The van der Waals surface area contributed by atoms with Gasteiger partial charge >= 0.3 is 5.97 Å². The predicted molar refractivity (Wildman–Crippen MR) is 72.0 cm³/mol. The first-order valence-corrected chi connectivity index (χ1v) is 8.06. The Labute approximate surface area is 110 Å². The van der Waals surface area contributed by atoms with Crippen molar-refractivity contribution in [2.24, 2.45) is 5.92 Å². The lowest BCUT2D eigenvalue weighted by Crippen LogP contribution is -2.43. The number of sulfonamides is 1. The maximum atomic E-state index is 12.2. The largest absolute Gasteiger partial charge is 0.481 e. The lowest BCUT2D eigenvalue weighted by Gasteiger charge is -2.30. The van der Waals surface area contributed by atoms with Crippen LogP contribution in [0.5, 0.6) is 0 Å². The monoisotopic (exact) mass is 279 g/mol. The number of hydrogen-bond donors (Lipinski definition) is 1. The van der Waals surface area contributed by atoms with E-state index in [1.54, 1.807) is 0 Å². The van der Waals surface area contributed by atoms with Crippen LogP contribution in [0, 0.1) is 5.92 Å². The summed E-state index contributed by atoms with van der Waals surface area (Å²) in [5.41, 5.74) is 0. The zero-order chi connectivity index (χ0) is 14.3. The number of aliphatic carboxylic acids is 1. The third-order valence-electron chi connectivity index (χ3n) is 2.83. The highest BCUT2D eigenvalue weighted by Gasteiger charge is 2.28. The van der Waals surface area contributed by atoms with Crippen LogP contribution in [-0.4, -0.2) is 42.1 Å². The van der Waals surface area contributed by atoms with E-state index in [0.29, 0.717) is 6.54 Å². The van der Waals surface area contributed by atoms with Crippen molar-refractivity contribution in [3.63, 3.8) is 0 Å². The van der Waals surface area contributed by atoms with E-state index in [-0.39, 0.29) is 24.1 Å². The van der Waals surface area contributed by atoms with Crippen LogP contribution in [0.25, 0.3) is 0 Å². The van der Waals surface area contributed by atoms with Gasteiger partial charge in [-0.05, 0) is 18.8 Å². The van der Waals surface area contributed by atoms with Gasteiger partial charge in [0.25, 0.3) is 0 Å². The first-order chi connectivity index (χ1) is 8.24. The molecule has 0 aromatic carbocycles. The average molecular weight is 279 g/mol. The summed E-state index contributed by atoms with van der Waals surface area (Å²) in [6.07, 6.45) is 1.15. The SMILES string of the molecule is CCC(CC)N(CC(C)C)S(=O)(=O)CCC(=O)O. The maximum absolute atomic E-state index is 12.2. The summed E-state index contributed by atoms with van der Waals surface area (Å²) in [7, 11) is -3.48. The van der Waals surface area contributed by atoms with Gasteiger partial charge in [0, 0.05) is 12.6 Å². The van der Waals surface area contributed by atoms with Gasteiger partial charge in [-0.2, -0.15) is 4.31 Å². The Bertz CT molecular complexity index is 347. The second-order valence-electron chi connectivity index (χ2n) is 4.89. The smallest absolute Gasteiger partial charge is 0.304 e. The summed E-state index contributed by atoms with van der Waals surface area (Å²) < 4.78 is 25.9. The van der Waals surface area contributed by atoms with Crippen LogP contribution in [0.2, 0.25) is 0 Å². The van der Waals surface area contributed by atoms with Gasteiger partial charge in [0.05, 0.1) is 12.2 Å². The molecule has 0 spiro atoms. The molecule has 0 aliphatic heterocycles. The van der Waals surface area contributed by atoms with Gasteiger partial charge in [0.1, 0.15) is 0 Å². The molecule has 0 heterocycles. The van der Waals surface area contributed by atoms with E-state index in [2.05, 4.69) is 0 Å². The molecule has 108 valence electrons. The molecule has 1 N–H and O–H groups in total. The molecule has 0 fully saturated rings. The summed E-state index contributed by atoms with van der Waals surface area (Å²) in [5.74, 6) is -1.16. The van der Waals surface area contributed by atoms with Crippen molar-refractivity contribution in [2.45, 2.75) is 53.0 Å². The van der Waals surface area contributed by atoms with E-state index < -0.39 is 16.0 Å². The van der Waals surface area contributed by atoms with Gasteiger partial charge in [-0.3, -0.25) is 4.79 Å². The molecule has 18 heavy (non-hydrogen) atoms. The van der Waals surface area contributed by atoms with Gasteiger partial charge < -0.3 is 5.11 Å². The van der Waals surface area contributed by atoms with Gasteiger partial charge in [-0.15, -0.1) is 0 Å². The molecule has 0 aromatic heterocycles. The quantitative estimate of drug-likeness (QED) is 0.700. The van der Waals surface area contributed by atoms with Crippen molar-refractivity contribution in [3.8, 4) is 0 Å². The van der Waals surface area contributed by atoms with E-state index in [9.17, 15) is 13.2 Å². The fourth-order valence-corrected chi connectivity index (χ4v) is 3.82. The van der Waals surface area contributed by atoms with Crippen molar-refractivity contribution in [3.05, 3.63) is 0 Å². The highest BCUT2D eigenvalue weighted by molar-refractivity contribution is 7.89. The molecule has 0 saturated heterocycles. The lowest BCUT2D eigenvalue weighted by atomic mass is 10.1. The molecule has 5 nitrogen and oxygen atoms in total. The fraction of sp³-hybridized carbons (Fsp3) is 0.917. The molecule has 6 heteroatoms. The number of rotatable bonds is 9. The van der Waals surface area contributed by atoms with Crippen LogP contribution in [0.4, 0.5) is 0 Å². The maximum Gasteiger partial charge on any atom is 0.304 e. The van der Waals surface area contributed by atoms with E-state index in [0.717, 1.165) is 12.8 Å². The fourth-order valence-electron chi connectivity index (χ4n) is 1.88. The number of carbonyl (C=O) groups is 1. The van der Waals surface area contributed by atoms with Crippen molar-refractivity contribution < 1.29 is 18.3 Å². The van der Waals surface area contributed by atoms with Gasteiger partial charge in [-0.1, -0.05) is 27.7 Å². The Kier molecular flexibility index (Phi) is 7.47. The Morgan fingerprint density at radius 1 is 1.22 bits per heavy atom. The van der Waals surface area contributed by atoms with Crippen LogP contribution >= 0.6 is 0 Å². The third-order valence-corrected chi connectivity index (χ3v) is 4.71. The molecule has 0 unspecified atom stereocenters. The van der Waals surface area contributed by atoms with E-state index in [1.165, 1.54) is 4.31 Å². The predicted octanol–water partition coefficient (Wildman–Crippen LogP) is 1.94. The summed E-state index contributed by atoms with van der Waals surface area (Å²) in [4.78, 5) is 10.5. The Hall–Kier alpha value is -0.620. The third kappa shape index (κ3) is 5.82. The van der Waals surface area contributed by atoms with Crippen LogP contribution in [0.1, 0.15) is 47.0 Å². The summed E-state index contributed by atoms with van der Waals surface area (Å²) in [6.45, 7) is 8.28. The zero-order valence-electron chi connectivity index (χ0n) is 11.7. The lowest BCUT2D eigenvalue weighted by molar-refractivity contribution is -0.136. The minimum atomic E-state index is -3.48. The average Bonchev–Trinajstić information content (AvgIpc) is 2.26. The summed E-state index contributed by atoms with van der Waals surface area (Å²) >= 11 is 0. The molecular weight excluding hydrogens is 254 g/mol. The highest BCUT2D eigenvalue weighted by Crippen LogP contribution is 2.17. The van der Waals surface area contributed by atoms with Gasteiger partial charge in [0.15, 0.2) is 0 Å². The van der Waals surface area contributed by atoms with Crippen LogP contribution in [0.15, 0.2) is 0 Å². The second-order valence-corrected chi connectivity index (χ2v) is 6.93. The molecule has 0 aliphatic rings. The zero-order valence-corrected chi connectivity index (χ0v) is 12.5. The van der Waals surface area contributed by atoms with Gasteiger partial charge in [-0.25, -0.2) is 8.42 Å². The molecule has 0 amide bonds. The summed E-state index contributed by atoms with van der Waals surface area (Å²) in [6, 6.07) is -0.0359. The van der Waals surface area contributed by atoms with Crippen molar-refractivity contribution in [2.75, 3.05) is 12.3 Å². The first kappa shape index (κ1) is 17.4. The van der Waals surface area contributed by atoms with Crippen LogP contribution in [0.3, 0.4) is 0 Å². The van der Waals surface area contributed by atoms with E-state index in [4.69, 9.17) is 5.11 Å². The topological polar surface area (TPSA) is 74.7 Å². The Balaban J connectivity index is 4.97. The number of carboxylic acid groups (broad SMARTS) is 1. The minimum Gasteiger partial charge on any atom is -0.481 e. The first-order valence-electron chi connectivity index (χ1n) is 6.45. The minimum absolute atomic E-state index is 0.0359. The standard InChI is InChI=1S/C12H25NO4S/c1-5-11(6-2)13(9-10(3)4)18(16,17)8-7-12(14)15/h10-11H,5-9H2,1-4H3,(H,14,15). The molecule has 0 aromatic rings. The molecule has 0 saturated carbocycles. The van der Waals surface area contributed by atoms with Crippen LogP contribution in [-0.2, 0) is 14.8 Å². The molecule has 0 bridgehead atoms. The number of carboxylic acids is 1. The number of nitrogens with zero attached hydrogens (tertiary/aromatic N) is 1. The van der Waals surface area contributed by atoms with Crippen molar-refractivity contribution in [1.29, 1.82) is 0 Å². The second kappa shape index (κ2) is 7.74. The molecule has 0 rings (SSSR count). The van der Waals surface area contributed by atoms with Crippen molar-refractivity contribution in [1.82, 2.24) is 4.31 Å². The van der Waals surface area contributed by atoms with Gasteiger partial charge in [0.2, 0.25) is 10.0 Å². The molecule has 0 radical (unpaired) electrons. The van der Waals surface area contributed by atoms with Crippen LogP contribution < -0.4 is 0 Å². The normalized spacial score (nSPS) is 12.6. The van der Waals surface area contributed by atoms with E-state index >= 15 is 0 Å². The molecular formula is C12H25NO4S. The molecule has 0 atom stereocenters. The Morgan fingerprint density at radius 3 is 2.06 bits per heavy atom.